The Hall–Kier alpha value is -3.97. The van der Waals surface area contributed by atoms with Crippen molar-refractivity contribution in [3.05, 3.63) is 87.4 Å². The lowest BCUT2D eigenvalue weighted by Crippen LogP contribution is -2.30. The summed E-state index contributed by atoms with van der Waals surface area (Å²) in [4.78, 5) is 28.3. The number of carbonyl (C=O) groups excluding carboxylic acids is 2. The second kappa shape index (κ2) is 9.24. The molecule has 0 radical (unpaired) electrons. The van der Waals surface area contributed by atoms with E-state index in [-0.39, 0.29) is 11.3 Å². The summed E-state index contributed by atoms with van der Waals surface area (Å²) in [5.74, 6) is -0.133. The van der Waals surface area contributed by atoms with Gasteiger partial charge in [-0.2, -0.15) is 0 Å². The average molecular weight is 506 g/mol. The van der Waals surface area contributed by atoms with E-state index in [4.69, 9.17) is 25.8 Å². The highest BCUT2D eigenvalue weighted by atomic mass is 35.5. The second-order valence-electron chi connectivity index (χ2n) is 8.59. The molecule has 1 atom stereocenters. The van der Waals surface area contributed by atoms with E-state index in [0.29, 0.717) is 51.9 Å². The second-order valence-corrected chi connectivity index (χ2v) is 9.00. The summed E-state index contributed by atoms with van der Waals surface area (Å²) in [7, 11) is 3.03. The molecule has 0 aliphatic carbocycles. The van der Waals surface area contributed by atoms with Gasteiger partial charge in [-0.1, -0.05) is 23.7 Å². The number of Topliss-reactive ketones (excluding diaryl/α,β-unsaturated/α-hetero) is 1. The number of hydrogen-bond acceptors (Lipinski definition) is 6. The van der Waals surface area contributed by atoms with Crippen LogP contribution in [-0.4, -0.2) is 37.6 Å². The van der Waals surface area contributed by atoms with Crippen LogP contribution in [0.2, 0.25) is 5.02 Å². The molecule has 5 rings (SSSR count). The Bertz CT molecular complexity index is 1430. The van der Waals surface area contributed by atoms with Crippen LogP contribution in [-0.2, 0) is 16.0 Å². The topological polar surface area (TPSA) is 85.3 Å². The predicted octanol–water partition coefficient (Wildman–Crippen LogP) is 5.23. The molecule has 184 valence electrons. The third-order valence-electron chi connectivity index (χ3n) is 6.63. The number of ketones is 1. The van der Waals surface area contributed by atoms with Crippen LogP contribution in [0.5, 0.6) is 17.2 Å². The van der Waals surface area contributed by atoms with Gasteiger partial charge < -0.3 is 19.3 Å². The van der Waals surface area contributed by atoms with Gasteiger partial charge in [0.25, 0.3) is 11.7 Å². The number of amides is 1. The molecule has 0 saturated carbocycles. The molecule has 3 aromatic carbocycles. The maximum Gasteiger partial charge on any atom is 0.300 e. The van der Waals surface area contributed by atoms with Crippen molar-refractivity contribution in [2.75, 3.05) is 25.7 Å². The molecule has 1 unspecified atom stereocenters. The summed E-state index contributed by atoms with van der Waals surface area (Å²) in [6.07, 6.45) is 0.700. The van der Waals surface area contributed by atoms with Gasteiger partial charge in [0, 0.05) is 22.7 Å². The van der Waals surface area contributed by atoms with E-state index in [1.165, 1.54) is 19.1 Å². The van der Waals surface area contributed by atoms with Gasteiger partial charge in [-0.05, 0) is 66.1 Å². The van der Waals surface area contributed by atoms with Crippen LogP contribution in [0.3, 0.4) is 0 Å². The average Bonchev–Trinajstić information content (AvgIpc) is 3.47. The largest absolute Gasteiger partial charge is 0.507 e. The molecule has 1 fully saturated rings. The summed E-state index contributed by atoms with van der Waals surface area (Å²) in [5, 5.41) is 11.9. The Morgan fingerprint density at radius 2 is 1.83 bits per heavy atom. The fourth-order valence-electron chi connectivity index (χ4n) is 4.77. The Balaban J connectivity index is 1.75. The van der Waals surface area contributed by atoms with Gasteiger partial charge in [-0.3, -0.25) is 14.5 Å². The monoisotopic (exact) mass is 505 g/mol. The number of ether oxygens (including phenoxy) is 3. The number of carbonyl (C=O) groups is 2. The first-order valence-electron chi connectivity index (χ1n) is 11.4. The SMILES string of the molecule is COc1ccc(C2/C(=C(\O)c3ccc4c(c3)CCO4)C(=O)C(=O)N2c2cccc(Cl)c2C)cc1OC. The highest BCUT2D eigenvalue weighted by molar-refractivity contribution is 6.52. The molecule has 2 heterocycles. The molecule has 1 amide bonds. The molecular weight excluding hydrogens is 482 g/mol. The van der Waals surface area contributed by atoms with Gasteiger partial charge in [0.15, 0.2) is 11.5 Å². The molecule has 0 spiro atoms. The number of aliphatic hydroxyl groups is 1. The van der Waals surface area contributed by atoms with Crippen LogP contribution >= 0.6 is 11.6 Å². The lowest BCUT2D eigenvalue weighted by atomic mass is 9.94. The van der Waals surface area contributed by atoms with Crippen molar-refractivity contribution in [3.8, 4) is 17.2 Å². The van der Waals surface area contributed by atoms with E-state index in [9.17, 15) is 14.7 Å². The highest BCUT2D eigenvalue weighted by Crippen LogP contribution is 2.46. The zero-order valence-corrected chi connectivity index (χ0v) is 20.8. The van der Waals surface area contributed by atoms with Crippen LogP contribution in [0.25, 0.3) is 5.76 Å². The van der Waals surface area contributed by atoms with Crippen molar-refractivity contribution >= 4 is 34.7 Å². The minimum absolute atomic E-state index is 0.0227. The Labute approximate surface area is 213 Å². The number of anilines is 1. The Kier molecular flexibility index (Phi) is 6.10. The third kappa shape index (κ3) is 3.76. The molecule has 1 N–H and O–H groups in total. The van der Waals surface area contributed by atoms with E-state index in [0.717, 1.165) is 11.3 Å². The van der Waals surface area contributed by atoms with Crippen molar-refractivity contribution in [2.24, 2.45) is 0 Å². The van der Waals surface area contributed by atoms with Crippen LogP contribution in [0.1, 0.15) is 28.3 Å². The smallest absolute Gasteiger partial charge is 0.300 e. The molecule has 3 aromatic rings. The van der Waals surface area contributed by atoms with Gasteiger partial charge in [-0.15, -0.1) is 0 Å². The van der Waals surface area contributed by atoms with E-state index in [1.807, 2.05) is 0 Å². The van der Waals surface area contributed by atoms with Gasteiger partial charge in [0.1, 0.15) is 11.5 Å². The number of benzene rings is 3. The van der Waals surface area contributed by atoms with Crippen LogP contribution in [0.15, 0.2) is 60.2 Å². The number of halogens is 1. The summed E-state index contributed by atoms with van der Waals surface area (Å²) in [6, 6.07) is 14.6. The van der Waals surface area contributed by atoms with E-state index >= 15 is 0 Å². The van der Waals surface area contributed by atoms with Gasteiger partial charge in [-0.25, -0.2) is 0 Å². The first-order valence-corrected chi connectivity index (χ1v) is 11.8. The summed E-state index contributed by atoms with van der Waals surface area (Å²) < 4.78 is 16.4. The molecule has 1 saturated heterocycles. The lowest BCUT2D eigenvalue weighted by Gasteiger charge is -2.27. The molecule has 2 aliphatic rings. The zero-order valence-electron chi connectivity index (χ0n) is 20.0. The van der Waals surface area contributed by atoms with Crippen molar-refractivity contribution in [3.63, 3.8) is 0 Å². The van der Waals surface area contributed by atoms with Gasteiger partial charge >= 0.3 is 0 Å². The third-order valence-corrected chi connectivity index (χ3v) is 7.04. The number of methoxy groups -OCH3 is 2. The first kappa shape index (κ1) is 23.8. The summed E-state index contributed by atoms with van der Waals surface area (Å²) >= 11 is 6.37. The Morgan fingerprint density at radius 1 is 1.06 bits per heavy atom. The number of rotatable bonds is 5. The molecule has 0 aromatic heterocycles. The number of aliphatic hydroxyl groups excluding tert-OH is 1. The van der Waals surface area contributed by atoms with Crippen LogP contribution in [0.4, 0.5) is 5.69 Å². The fraction of sp³-hybridized carbons (Fsp3) is 0.214. The molecule has 8 heteroatoms. The fourth-order valence-corrected chi connectivity index (χ4v) is 4.94. The maximum absolute atomic E-state index is 13.5. The first-order chi connectivity index (χ1) is 17.3. The standard InChI is InChI=1S/C28H24ClNO6/c1-15-19(29)5-4-6-20(15)30-25(17-7-10-22(34-2)23(14-17)35-3)24(27(32)28(30)33)26(31)18-8-9-21-16(13-18)11-12-36-21/h4-10,13-14,25,31H,11-12H2,1-3H3/b26-24+. The molecule has 7 nitrogen and oxygen atoms in total. The minimum Gasteiger partial charge on any atom is -0.507 e. The summed E-state index contributed by atoms with van der Waals surface area (Å²) in [5.41, 5.74) is 3.03. The van der Waals surface area contributed by atoms with Crippen molar-refractivity contribution in [2.45, 2.75) is 19.4 Å². The molecular formula is C28H24ClNO6. The van der Waals surface area contributed by atoms with Crippen molar-refractivity contribution in [1.82, 2.24) is 0 Å². The van der Waals surface area contributed by atoms with Gasteiger partial charge in [0.2, 0.25) is 0 Å². The lowest BCUT2D eigenvalue weighted by molar-refractivity contribution is -0.132. The predicted molar refractivity (Wildman–Crippen MR) is 136 cm³/mol. The van der Waals surface area contributed by atoms with Gasteiger partial charge in [0.05, 0.1) is 32.4 Å². The zero-order chi connectivity index (χ0) is 25.6. The highest BCUT2D eigenvalue weighted by Gasteiger charge is 2.47. The summed E-state index contributed by atoms with van der Waals surface area (Å²) in [6.45, 7) is 2.34. The van der Waals surface area contributed by atoms with Crippen LogP contribution < -0.4 is 19.1 Å². The van der Waals surface area contributed by atoms with Crippen molar-refractivity contribution < 1.29 is 28.9 Å². The molecule has 2 aliphatic heterocycles. The van der Waals surface area contributed by atoms with Crippen LogP contribution in [0, 0.1) is 6.92 Å². The van der Waals surface area contributed by atoms with E-state index < -0.39 is 17.7 Å². The quantitative estimate of drug-likeness (QED) is 0.290. The molecule has 36 heavy (non-hydrogen) atoms. The molecule has 0 bridgehead atoms. The van der Waals surface area contributed by atoms with E-state index in [1.54, 1.807) is 61.5 Å². The normalized spacial score (nSPS) is 18.2. The Morgan fingerprint density at radius 3 is 2.58 bits per heavy atom. The number of fused-ring (bicyclic) bond motifs is 1. The minimum atomic E-state index is -0.925. The van der Waals surface area contributed by atoms with Crippen molar-refractivity contribution in [1.29, 1.82) is 0 Å². The maximum atomic E-state index is 13.5. The number of hydrogen-bond donors (Lipinski definition) is 1. The van der Waals surface area contributed by atoms with E-state index in [2.05, 4.69) is 0 Å². The number of nitrogens with zero attached hydrogens (tertiary/aromatic N) is 1.